The minimum absolute atomic E-state index is 0.624. The molecule has 0 saturated heterocycles. The number of para-hydroxylation sites is 1. The van der Waals surface area contributed by atoms with Gasteiger partial charge in [-0.1, -0.05) is 6.07 Å². The van der Waals surface area contributed by atoms with Crippen molar-refractivity contribution in [2.45, 2.75) is 25.9 Å². The van der Waals surface area contributed by atoms with Crippen molar-refractivity contribution in [1.29, 1.82) is 0 Å². The Labute approximate surface area is 107 Å². The molecule has 0 bridgehead atoms. The number of benzene rings is 1. The number of halogens is 2. The normalized spacial score (nSPS) is 11.5. The van der Waals surface area contributed by atoms with Crippen LogP contribution in [0.25, 0.3) is 0 Å². The van der Waals surface area contributed by atoms with E-state index < -0.39 is 5.60 Å². The summed E-state index contributed by atoms with van der Waals surface area (Å²) in [6.07, 6.45) is 0.709. The molecule has 0 amide bonds. The van der Waals surface area contributed by atoms with E-state index >= 15 is 0 Å². The molecule has 0 aromatic heterocycles. The van der Waals surface area contributed by atoms with Crippen LogP contribution in [0.15, 0.2) is 27.1 Å². The average Bonchev–Trinajstić information content (AvgIpc) is 2.08. The van der Waals surface area contributed by atoms with E-state index in [1.807, 2.05) is 32.0 Å². The Morgan fingerprint density at radius 1 is 1.27 bits per heavy atom. The van der Waals surface area contributed by atoms with Gasteiger partial charge in [-0.2, -0.15) is 0 Å². The molecule has 0 spiro atoms. The minimum Gasteiger partial charge on any atom is -0.390 e. The lowest BCUT2D eigenvalue weighted by Gasteiger charge is -2.18. The molecular weight excluding hydrogens is 322 g/mol. The Bertz CT molecular complexity index is 314. The summed E-state index contributed by atoms with van der Waals surface area (Å²) in [5.41, 5.74) is 0.405. The number of nitrogens with one attached hydrogen (secondary N) is 1. The molecule has 2 N–H and O–H groups in total. The van der Waals surface area contributed by atoms with Crippen molar-refractivity contribution in [1.82, 2.24) is 0 Å². The van der Waals surface area contributed by atoms with Crippen LogP contribution in [0.1, 0.15) is 20.3 Å². The van der Waals surface area contributed by atoms with E-state index in [1.54, 1.807) is 0 Å². The molecule has 15 heavy (non-hydrogen) atoms. The molecule has 0 heterocycles. The first-order valence-corrected chi connectivity index (χ1v) is 6.39. The number of hydrogen-bond donors (Lipinski definition) is 2. The van der Waals surface area contributed by atoms with Crippen molar-refractivity contribution in [3.05, 3.63) is 27.1 Å². The Hall–Kier alpha value is -0.0600. The summed E-state index contributed by atoms with van der Waals surface area (Å²) in [4.78, 5) is 0. The molecule has 0 atom stereocenters. The van der Waals surface area contributed by atoms with Gasteiger partial charge in [-0.25, -0.2) is 0 Å². The lowest BCUT2D eigenvalue weighted by Crippen LogP contribution is -2.22. The number of hydrogen-bond acceptors (Lipinski definition) is 2. The molecule has 0 radical (unpaired) electrons. The third-order valence-corrected chi connectivity index (χ3v) is 3.32. The lowest BCUT2D eigenvalue weighted by molar-refractivity contribution is 0.0749. The minimum atomic E-state index is -0.624. The van der Waals surface area contributed by atoms with Gasteiger partial charge < -0.3 is 10.4 Å². The van der Waals surface area contributed by atoms with E-state index in [2.05, 4.69) is 37.2 Å². The second-order valence-corrected chi connectivity index (χ2v) is 5.79. The highest BCUT2D eigenvalue weighted by atomic mass is 79.9. The van der Waals surface area contributed by atoms with Crippen molar-refractivity contribution in [2.24, 2.45) is 0 Å². The average molecular weight is 337 g/mol. The zero-order valence-electron chi connectivity index (χ0n) is 8.85. The van der Waals surface area contributed by atoms with Gasteiger partial charge in [-0.3, -0.25) is 0 Å². The van der Waals surface area contributed by atoms with Crippen LogP contribution in [0.4, 0.5) is 5.69 Å². The van der Waals surface area contributed by atoms with Crippen LogP contribution < -0.4 is 5.32 Å². The van der Waals surface area contributed by atoms with Gasteiger partial charge >= 0.3 is 0 Å². The maximum Gasteiger partial charge on any atom is 0.0629 e. The van der Waals surface area contributed by atoms with Crippen molar-refractivity contribution in [3.63, 3.8) is 0 Å². The largest absolute Gasteiger partial charge is 0.390 e. The van der Waals surface area contributed by atoms with Crippen LogP contribution in [0.3, 0.4) is 0 Å². The van der Waals surface area contributed by atoms with Crippen LogP contribution >= 0.6 is 31.9 Å². The number of aliphatic hydroxyl groups is 1. The van der Waals surface area contributed by atoms with Crippen molar-refractivity contribution >= 4 is 37.5 Å². The second kappa shape index (κ2) is 5.32. The fraction of sp³-hybridized carbons (Fsp3) is 0.455. The highest BCUT2D eigenvalue weighted by molar-refractivity contribution is 9.11. The summed E-state index contributed by atoms with van der Waals surface area (Å²) in [6, 6.07) is 5.93. The Balaban J connectivity index is 2.58. The van der Waals surface area contributed by atoms with Gasteiger partial charge in [0.05, 0.1) is 11.3 Å². The first-order valence-electron chi connectivity index (χ1n) is 4.80. The molecule has 0 aliphatic rings. The summed E-state index contributed by atoms with van der Waals surface area (Å²) in [5.74, 6) is 0. The zero-order valence-corrected chi connectivity index (χ0v) is 12.0. The molecular formula is C11H15Br2NO. The Morgan fingerprint density at radius 3 is 2.27 bits per heavy atom. The molecule has 0 saturated carbocycles. The lowest BCUT2D eigenvalue weighted by atomic mass is 10.1. The van der Waals surface area contributed by atoms with Crippen molar-refractivity contribution < 1.29 is 5.11 Å². The Morgan fingerprint density at radius 2 is 1.80 bits per heavy atom. The molecule has 1 rings (SSSR count). The van der Waals surface area contributed by atoms with E-state index in [0.29, 0.717) is 6.42 Å². The first-order chi connectivity index (χ1) is 6.90. The monoisotopic (exact) mass is 335 g/mol. The van der Waals surface area contributed by atoms with E-state index in [4.69, 9.17) is 0 Å². The smallest absolute Gasteiger partial charge is 0.0629 e. The third kappa shape index (κ3) is 4.53. The zero-order chi connectivity index (χ0) is 11.5. The van der Waals surface area contributed by atoms with Gasteiger partial charge in [-0.05, 0) is 64.3 Å². The molecule has 84 valence electrons. The van der Waals surface area contributed by atoms with Gasteiger partial charge in [-0.15, -0.1) is 0 Å². The highest BCUT2D eigenvalue weighted by Gasteiger charge is 2.12. The van der Waals surface area contributed by atoms with Crippen LogP contribution in [0.2, 0.25) is 0 Å². The number of anilines is 1. The summed E-state index contributed by atoms with van der Waals surface area (Å²) < 4.78 is 2.04. The van der Waals surface area contributed by atoms with Gasteiger partial charge in [0.15, 0.2) is 0 Å². The molecule has 0 aliphatic carbocycles. The van der Waals surface area contributed by atoms with E-state index in [0.717, 1.165) is 21.2 Å². The highest BCUT2D eigenvalue weighted by Crippen LogP contribution is 2.30. The first kappa shape index (κ1) is 13.0. The Kier molecular flexibility index (Phi) is 4.62. The van der Waals surface area contributed by atoms with Crippen molar-refractivity contribution in [2.75, 3.05) is 11.9 Å². The van der Waals surface area contributed by atoms with Gasteiger partial charge in [0.25, 0.3) is 0 Å². The van der Waals surface area contributed by atoms with Crippen LogP contribution in [-0.2, 0) is 0 Å². The van der Waals surface area contributed by atoms with Crippen molar-refractivity contribution in [3.8, 4) is 0 Å². The summed E-state index contributed by atoms with van der Waals surface area (Å²) in [7, 11) is 0. The standard InChI is InChI=1S/C11H15Br2NO/c1-11(2,15)6-7-14-10-8(12)4-3-5-9(10)13/h3-5,14-15H,6-7H2,1-2H3. The van der Waals surface area contributed by atoms with Crippen LogP contribution in [0, 0.1) is 0 Å². The molecule has 1 aromatic carbocycles. The van der Waals surface area contributed by atoms with Crippen LogP contribution in [-0.4, -0.2) is 17.3 Å². The SMILES string of the molecule is CC(C)(O)CCNc1c(Br)cccc1Br. The molecule has 1 aromatic rings. The summed E-state index contributed by atoms with van der Waals surface area (Å²) in [5, 5.41) is 12.9. The summed E-state index contributed by atoms with van der Waals surface area (Å²) >= 11 is 6.95. The third-order valence-electron chi connectivity index (χ3n) is 2.00. The molecule has 0 unspecified atom stereocenters. The summed E-state index contributed by atoms with van der Waals surface area (Å²) in [6.45, 7) is 4.36. The molecule has 4 heteroatoms. The molecule has 0 aliphatic heterocycles. The molecule has 0 fully saturated rings. The fourth-order valence-corrected chi connectivity index (χ4v) is 2.44. The van der Waals surface area contributed by atoms with Gasteiger partial charge in [0.1, 0.15) is 0 Å². The fourth-order valence-electron chi connectivity index (χ4n) is 1.16. The number of rotatable bonds is 4. The van der Waals surface area contributed by atoms with Crippen LogP contribution in [0.5, 0.6) is 0 Å². The quantitative estimate of drug-likeness (QED) is 0.876. The van der Waals surface area contributed by atoms with E-state index in [-0.39, 0.29) is 0 Å². The maximum atomic E-state index is 9.57. The van der Waals surface area contributed by atoms with E-state index in [1.165, 1.54) is 0 Å². The topological polar surface area (TPSA) is 32.3 Å². The second-order valence-electron chi connectivity index (χ2n) is 4.09. The molecule has 2 nitrogen and oxygen atoms in total. The predicted octanol–water partition coefficient (Wildman–Crippen LogP) is 3.78. The maximum absolute atomic E-state index is 9.57. The van der Waals surface area contributed by atoms with Gasteiger partial charge in [0, 0.05) is 15.5 Å². The van der Waals surface area contributed by atoms with Gasteiger partial charge in [0.2, 0.25) is 0 Å². The van der Waals surface area contributed by atoms with E-state index in [9.17, 15) is 5.11 Å². The predicted molar refractivity (Wildman–Crippen MR) is 71.2 cm³/mol.